The van der Waals surface area contributed by atoms with Crippen molar-refractivity contribution in [3.8, 4) is 0 Å². The quantitative estimate of drug-likeness (QED) is 0.702. The van der Waals surface area contributed by atoms with E-state index in [1.807, 2.05) is 37.3 Å². The van der Waals surface area contributed by atoms with E-state index in [0.29, 0.717) is 17.1 Å². The molecule has 5 heteroatoms. The van der Waals surface area contributed by atoms with Crippen molar-refractivity contribution in [2.45, 2.75) is 19.5 Å². The maximum Gasteiger partial charge on any atom is 0.251 e. The van der Waals surface area contributed by atoms with Gasteiger partial charge in [0.1, 0.15) is 5.82 Å². The summed E-state index contributed by atoms with van der Waals surface area (Å²) in [6, 6.07) is 14.5. The van der Waals surface area contributed by atoms with Crippen molar-refractivity contribution in [2.75, 3.05) is 0 Å². The van der Waals surface area contributed by atoms with E-state index in [0.717, 1.165) is 16.9 Å². The van der Waals surface area contributed by atoms with Crippen LogP contribution in [-0.4, -0.2) is 15.5 Å². The number of aromatic nitrogens is 2. The normalized spacial score (nSPS) is 12.1. The van der Waals surface area contributed by atoms with Crippen molar-refractivity contribution in [1.82, 2.24) is 14.9 Å². The highest BCUT2D eigenvalue weighted by molar-refractivity contribution is 6.30. The van der Waals surface area contributed by atoms with Gasteiger partial charge in [0.25, 0.3) is 5.91 Å². The minimum atomic E-state index is -0.246. The fourth-order valence-corrected chi connectivity index (χ4v) is 2.91. The molecule has 0 spiro atoms. The highest BCUT2D eigenvalue weighted by Crippen LogP contribution is 2.21. The Labute approximate surface area is 145 Å². The van der Waals surface area contributed by atoms with Crippen LogP contribution in [0.25, 0.3) is 11.0 Å². The Morgan fingerprint density at radius 2 is 2.12 bits per heavy atom. The summed E-state index contributed by atoms with van der Waals surface area (Å²) in [7, 11) is 0. The largest absolute Gasteiger partial charge is 0.342 e. The van der Waals surface area contributed by atoms with Crippen LogP contribution in [0.4, 0.5) is 0 Å². The molecule has 122 valence electrons. The Morgan fingerprint density at radius 1 is 1.33 bits per heavy atom. The average molecular weight is 340 g/mol. The zero-order valence-electron chi connectivity index (χ0n) is 13.4. The number of para-hydroxylation sites is 2. The van der Waals surface area contributed by atoms with Crippen LogP contribution in [0.1, 0.15) is 29.1 Å². The molecule has 1 heterocycles. The van der Waals surface area contributed by atoms with Gasteiger partial charge in [-0.25, -0.2) is 4.98 Å². The third-order valence-electron chi connectivity index (χ3n) is 3.82. The first kappa shape index (κ1) is 16.3. The number of carbonyl (C=O) groups excluding carboxylic acids is 1. The number of allylic oxidation sites excluding steroid dienone is 1. The molecule has 2 aromatic carbocycles. The topological polar surface area (TPSA) is 46.9 Å². The lowest BCUT2D eigenvalue weighted by molar-refractivity contribution is 0.0938. The van der Waals surface area contributed by atoms with Gasteiger partial charge in [0.15, 0.2) is 0 Å². The Bertz CT molecular complexity index is 901. The molecule has 4 nitrogen and oxygen atoms in total. The molecule has 0 bridgehead atoms. The lowest BCUT2D eigenvalue weighted by Crippen LogP contribution is -2.28. The van der Waals surface area contributed by atoms with Crippen LogP contribution in [0.15, 0.2) is 61.2 Å². The van der Waals surface area contributed by atoms with E-state index in [2.05, 4.69) is 21.4 Å². The lowest BCUT2D eigenvalue weighted by atomic mass is 10.2. The Morgan fingerprint density at radius 3 is 2.88 bits per heavy atom. The van der Waals surface area contributed by atoms with Gasteiger partial charge in [-0.3, -0.25) is 4.79 Å². The first-order chi connectivity index (χ1) is 11.6. The molecule has 1 amide bonds. The number of fused-ring (bicyclic) bond motifs is 1. The zero-order chi connectivity index (χ0) is 17.1. The Hall–Kier alpha value is -2.59. The van der Waals surface area contributed by atoms with Gasteiger partial charge in [-0.1, -0.05) is 35.9 Å². The molecule has 1 aromatic heterocycles. The van der Waals surface area contributed by atoms with Crippen molar-refractivity contribution >= 4 is 28.5 Å². The predicted molar refractivity (Wildman–Crippen MR) is 97.3 cm³/mol. The van der Waals surface area contributed by atoms with Gasteiger partial charge in [0.05, 0.1) is 17.1 Å². The molecule has 1 atom stereocenters. The smallest absolute Gasteiger partial charge is 0.251 e. The lowest BCUT2D eigenvalue weighted by Gasteiger charge is -2.15. The van der Waals surface area contributed by atoms with Gasteiger partial charge in [-0.05, 0) is 37.3 Å². The van der Waals surface area contributed by atoms with E-state index in [-0.39, 0.29) is 11.9 Å². The Balaban J connectivity index is 1.90. The number of halogens is 1. The van der Waals surface area contributed by atoms with Crippen molar-refractivity contribution in [3.63, 3.8) is 0 Å². The molecule has 3 aromatic rings. The molecular formula is C19H18ClN3O. The number of hydrogen-bond acceptors (Lipinski definition) is 2. The zero-order valence-corrected chi connectivity index (χ0v) is 14.1. The van der Waals surface area contributed by atoms with Crippen LogP contribution in [-0.2, 0) is 6.54 Å². The summed E-state index contributed by atoms with van der Waals surface area (Å²) in [4.78, 5) is 17.1. The van der Waals surface area contributed by atoms with Crippen molar-refractivity contribution in [2.24, 2.45) is 0 Å². The van der Waals surface area contributed by atoms with E-state index in [1.165, 1.54) is 0 Å². The van der Waals surface area contributed by atoms with E-state index >= 15 is 0 Å². The number of rotatable bonds is 5. The molecule has 0 radical (unpaired) electrons. The van der Waals surface area contributed by atoms with E-state index in [9.17, 15) is 4.79 Å². The fourth-order valence-electron chi connectivity index (χ4n) is 2.72. The van der Waals surface area contributed by atoms with Gasteiger partial charge in [-0.2, -0.15) is 0 Å². The summed E-state index contributed by atoms with van der Waals surface area (Å²) in [5, 5.41) is 3.52. The third kappa shape index (κ3) is 3.19. The summed E-state index contributed by atoms with van der Waals surface area (Å²) in [5.74, 6) is 0.619. The molecule has 0 saturated carbocycles. The van der Waals surface area contributed by atoms with Crippen LogP contribution >= 0.6 is 11.6 Å². The third-order valence-corrected chi connectivity index (χ3v) is 4.05. The highest BCUT2D eigenvalue weighted by Gasteiger charge is 2.18. The van der Waals surface area contributed by atoms with Crippen LogP contribution in [0.2, 0.25) is 5.02 Å². The molecular weight excluding hydrogens is 322 g/mol. The Kier molecular flexibility index (Phi) is 4.67. The van der Waals surface area contributed by atoms with Crippen LogP contribution in [0.3, 0.4) is 0 Å². The van der Waals surface area contributed by atoms with Gasteiger partial charge in [0.2, 0.25) is 0 Å². The van der Waals surface area contributed by atoms with Gasteiger partial charge < -0.3 is 9.88 Å². The summed E-state index contributed by atoms with van der Waals surface area (Å²) >= 11 is 5.95. The summed E-state index contributed by atoms with van der Waals surface area (Å²) in [6.07, 6.45) is 1.82. The number of carbonyl (C=O) groups is 1. The maximum atomic E-state index is 12.4. The molecule has 3 rings (SSSR count). The summed E-state index contributed by atoms with van der Waals surface area (Å²) in [6.45, 7) is 6.36. The molecule has 0 fully saturated rings. The monoisotopic (exact) mass is 339 g/mol. The van der Waals surface area contributed by atoms with E-state index < -0.39 is 0 Å². The van der Waals surface area contributed by atoms with Crippen LogP contribution < -0.4 is 5.32 Å². The van der Waals surface area contributed by atoms with E-state index in [4.69, 9.17) is 11.6 Å². The first-order valence-corrected chi connectivity index (χ1v) is 8.10. The second-order valence-electron chi connectivity index (χ2n) is 5.56. The van der Waals surface area contributed by atoms with Gasteiger partial charge in [-0.15, -0.1) is 6.58 Å². The standard InChI is InChI=1S/C19H18ClN3O/c1-3-11-23-17-10-5-4-9-16(17)22-18(23)13(2)21-19(24)14-7-6-8-15(20)12-14/h3-10,12-13H,1,11H2,2H3,(H,21,24). The van der Waals surface area contributed by atoms with E-state index in [1.54, 1.807) is 24.3 Å². The second kappa shape index (κ2) is 6.89. The van der Waals surface area contributed by atoms with Crippen LogP contribution in [0.5, 0.6) is 0 Å². The molecule has 0 aliphatic rings. The van der Waals surface area contributed by atoms with Gasteiger partial charge in [0, 0.05) is 17.1 Å². The van der Waals surface area contributed by atoms with Crippen molar-refractivity contribution < 1.29 is 4.79 Å². The SMILES string of the molecule is C=CCn1c(C(C)NC(=O)c2cccc(Cl)c2)nc2ccccc21. The average Bonchev–Trinajstić information content (AvgIpc) is 2.94. The molecule has 0 saturated heterocycles. The minimum Gasteiger partial charge on any atom is -0.342 e. The number of benzene rings is 2. The number of amides is 1. The molecule has 24 heavy (non-hydrogen) atoms. The maximum absolute atomic E-state index is 12.4. The number of imidazole rings is 1. The summed E-state index contributed by atoms with van der Waals surface area (Å²) < 4.78 is 2.06. The number of hydrogen-bond donors (Lipinski definition) is 1. The first-order valence-electron chi connectivity index (χ1n) is 7.72. The molecule has 0 aliphatic carbocycles. The van der Waals surface area contributed by atoms with Crippen LogP contribution in [0, 0.1) is 0 Å². The molecule has 0 aliphatic heterocycles. The fraction of sp³-hybridized carbons (Fsp3) is 0.158. The van der Waals surface area contributed by atoms with Crippen molar-refractivity contribution in [1.29, 1.82) is 0 Å². The second-order valence-corrected chi connectivity index (χ2v) is 6.00. The number of nitrogens with zero attached hydrogens (tertiary/aromatic N) is 2. The predicted octanol–water partition coefficient (Wildman–Crippen LogP) is 4.37. The summed E-state index contributed by atoms with van der Waals surface area (Å²) in [5.41, 5.74) is 2.45. The van der Waals surface area contributed by atoms with Crippen molar-refractivity contribution in [3.05, 3.63) is 77.6 Å². The minimum absolute atomic E-state index is 0.179. The highest BCUT2D eigenvalue weighted by atomic mass is 35.5. The number of nitrogens with one attached hydrogen (secondary N) is 1. The molecule has 1 unspecified atom stereocenters. The molecule has 1 N–H and O–H groups in total. The van der Waals surface area contributed by atoms with Gasteiger partial charge >= 0.3 is 0 Å².